The van der Waals surface area contributed by atoms with Gasteiger partial charge in [-0.15, -0.1) is 0 Å². The quantitative estimate of drug-likeness (QED) is 0.791. The molecule has 1 fully saturated rings. The largest absolute Gasteiger partial charge is 0.498 e. The summed E-state index contributed by atoms with van der Waals surface area (Å²) in [7, 11) is 5.28. The van der Waals surface area contributed by atoms with Gasteiger partial charge in [0, 0.05) is 31.3 Å². The van der Waals surface area contributed by atoms with E-state index in [2.05, 4.69) is 0 Å². The molecule has 0 unspecified atom stereocenters. The van der Waals surface area contributed by atoms with Crippen molar-refractivity contribution < 1.29 is 14.0 Å². The van der Waals surface area contributed by atoms with E-state index in [0.29, 0.717) is 0 Å². The van der Waals surface area contributed by atoms with Crippen molar-refractivity contribution in [3.63, 3.8) is 0 Å². The first-order valence-electron chi connectivity index (χ1n) is 6.89. The molecular formula is C15H24BNO3. The van der Waals surface area contributed by atoms with Crippen LogP contribution in [-0.4, -0.2) is 39.5 Å². The highest BCUT2D eigenvalue weighted by Gasteiger charge is 2.52. The SMILES string of the molecule is COc1cc(N(C)C)ccc1B1OC(C)(C)C(C)(C)O1. The Labute approximate surface area is 122 Å². The van der Waals surface area contributed by atoms with Gasteiger partial charge in [-0.25, -0.2) is 0 Å². The molecule has 0 aromatic heterocycles. The lowest BCUT2D eigenvalue weighted by Gasteiger charge is -2.32. The van der Waals surface area contributed by atoms with E-state index in [4.69, 9.17) is 14.0 Å². The highest BCUT2D eigenvalue weighted by molar-refractivity contribution is 6.63. The van der Waals surface area contributed by atoms with Gasteiger partial charge in [0.05, 0.1) is 18.3 Å². The molecule has 0 amide bonds. The van der Waals surface area contributed by atoms with Crippen LogP contribution in [0.25, 0.3) is 0 Å². The van der Waals surface area contributed by atoms with Crippen LogP contribution >= 0.6 is 0 Å². The standard InChI is InChI=1S/C15H24BNO3/c1-14(2)15(3,4)20-16(19-14)12-9-8-11(17(5)6)10-13(12)18-7/h8-10H,1-7H3. The summed E-state index contributed by atoms with van der Waals surface area (Å²) >= 11 is 0. The third-order valence-electron chi connectivity index (χ3n) is 4.24. The van der Waals surface area contributed by atoms with Gasteiger partial charge < -0.3 is 18.9 Å². The molecule has 0 aliphatic carbocycles. The van der Waals surface area contributed by atoms with Crippen molar-refractivity contribution in [2.24, 2.45) is 0 Å². The number of benzene rings is 1. The second kappa shape index (κ2) is 4.97. The molecule has 1 aromatic carbocycles. The van der Waals surface area contributed by atoms with Crippen LogP contribution in [0.1, 0.15) is 27.7 Å². The van der Waals surface area contributed by atoms with Gasteiger partial charge in [-0.05, 0) is 33.8 Å². The molecule has 1 aromatic rings. The summed E-state index contributed by atoms with van der Waals surface area (Å²) in [6, 6.07) is 6.06. The van der Waals surface area contributed by atoms with E-state index >= 15 is 0 Å². The van der Waals surface area contributed by atoms with Crippen LogP contribution in [0.15, 0.2) is 18.2 Å². The number of nitrogens with zero attached hydrogens (tertiary/aromatic N) is 1. The Morgan fingerprint density at radius 3 is 2.05 bits per heavy atom. The van der Waals surface area contributed by atoms with Crippen LogP contribution in [0.4, 0.5) is 5.69 Å². The van der Waals surface area contributed by atoms with Gasteiger partial charge >= 0.3 is 7.12 Å². The molecule has 0 saturated carbocycles. The van der Waals surface area contributed by atoms with Crippen LogP contribution in [0, 0.1) is 0 Å². The fourth-order valence-corrected chi connectivity index (χ4v) is 2.14. The summed E-state index contributed by atoms with van der Waals surface area (Å²) < 4.78 is 17.7. The van der Waals surface area contributed by atoms with Crippen LogP contribution in [-0.2, 0) is 9.31 Å². The maximum Gasteiger partial charge on any atom is 0.498 e. The van der Waals surface area contributed by atoms with E-state index in [9.17, 15) is 0 Å². The number of hydrogen-bond donors (Lipinski definition) is 0. The third-order valence-corrected chi connectivity index (χ3v) is 4.24. The molecule has 0 spiro atoms. The van der Waals surface area contributed by atoms with Crippen molar-refractivity contribution >= 4 is 18.3 Å². The summed E-state index contributed by atoms with van der Waals surface area (Å²) in [6.07, 6.45) is 0. The maximum atomic E-state index is 6.08. The predicted molar refractivity (Wildman–Crippen MR) is 83.0 cm³/mol. The molecule has 1 saturated heterocycles. The number of anilines is 1. The summed E-state index contributed by atoms with van der Waals surface area (Å²) in [6.45, 7) is 8.20. The first-order chi connectivity index (χ1) is 9.18. The van der Waals surface area contributed by atoms with E-state index < -0.39 is 7.12 Å². The highest BCUT2D eigenvalue weighted by atomic mass is 16.7. The van der Waals surface area contributed by atoms with Crippen molar-refractivity contribution in [3.05, 3.63) is 18.2 Å². The van der Waals surface area contributed by atoms with Crippen LogP contribution in [0.2, 0.25) is 0 Å². The second-order valence-corrected chi connectivity index (χ2v) is 6.41. The zero-order valence-electron chi connectivity index (χ0n) is 13.5. The molecule has 5 heteroatoms. The first kappa shape index (κ1) is 15.2. The van der Waals surface area contributed by atoms with Crippen molar-refractivity contribution in [3.8, 4) is 5.75 Å². The molecule has 0 N–H and O–H groups in total. The fraction of sp³-hybridized carbons (Fsp3) is 0.600. The lowest BCUT2D eigenvalue weighted by atomic mass is 9.78. The fourth-order valence-electron chi connectivity index (χ4n) is 2.14. The average Bonchev–Trinajstić information content (AvgIpc) is 2.57. The topological polar surface area (TPSA) is 30.9 Å². The number of hydrogen-bond acceptors (Lipinski definition) is 4. The molecule has 0 atom stereocenters. The van der Waals surface area contributed by atoms with Crippen LogP contribution in [0.5, 0.6) is 5.75 Å². The molecular weight excluding hydrogens is 253 g/mol. The maximum absolute atomic E-state index is 6.08. The predicted octanol–water partition coefficient (Wildman–Crippen LogP) is 2.06. The number of rotatable bonds is 3. The molecule has 1 aliphatic heterocycles. The van der Waals surface area contributed by atoms with E-state index in [1.165, 1.54) is 0 Å². The van der Waals surface area contributed by atoms with Gasteiger partial charge in [-0.1, -0.05) is 6.07 Å². The molecule has 20 heavy (non-hydrogen) atoms. The number of methoxy groups -OCH3 is 1. The monoisotopic (exact) mass is 277 g/mol. The summed E-state index contributed by atoms with van der Waals surface area (Å²) in [4.78, 5) is 2.04. The van der Waals surface area contributed by atoms with Crippen molar-refractivity contribution in [2.45, 2.75) is 38.9 Å². The summed E-state index contributed by atoms with van der Waals surface area (Å²) in [5.74, 6) is 0.787. The zero-order chi connectivity index (χ0) is 15.1. The Morgan fingerprint density at radius 1 is 1.05 bits per heavy atom. The normalized spacial score (nSPS) is 20.1. The Balaban J connectivity index is 2.35. The smallest absolute Gasteiger partial charge is 0.497 e. The van der Waals surface area contributed by atoms with E-state index in [1.54, 1.807) is 7.11 Å². The Bertz CT molecular complexity index is 484. The van der Waals surface area contributed by atoms with Gasteiger partial charge in [0.2, 0.25) is 0 Å². The molecule has 110 valence electrons. The van der Waals surface area contributed by atoms with Gasteiger partial charge in [0.1, 0.15) is 5.75 Å². The second-order valence-electron chi connectivity index (χ2n) is 6.41. The lowest BCUT2D eigenvalue weighted by Crippen LogP contribution is -2.41. The lowest BCUT2D eigenvalue weighted by molar-refractivity contribution is 0.00578. The van der Waals surface area contributed by atoms with Crippen LogP contribution < -0.4 is 15.1 Å². The minimum atomic E-state index is -0.397. The molecule has 2 rings (SSSR count). The van der Waals surface area contributed by atoms with Gasteiger partial charge in [-0.2, -0.15) is 0 Å². The molecule has 0 radical (unpaired) electrons. The Kier molecular flexibility index (Phi) is 3.78. The molecule has 1 heterocycles. The van der Waals surface area contributed by atoms with Gasteiger partial charge in [0.25, 0.3) is 0 Å². The minimum Gasteiger partial charge on any atom is -0.497 e. The summed E-state index contributed by atoms with van der Waals surface area (Å²) in [5, 5.41) is 0. The molecule has 0 bridgehead atoms. The molecule has 4 nitrogen and oxygen atoms in total. The minimum absolute atomic E-state index is 0.344. The zero-order valence-corrected chi connectivity index (χ0v) is 13.5. The van der Waals surface area contributed by atoms with Crippen molar-refractivity contribution in [1.82, 2.24) is 0 Å². The van der Waals surface area contributed by atoms with Gasteiger partial charge in [0.15, 0.2) is 0 Å². The average molecular weight is 277 g/mol. The number of ether oxygens (including phenoxy) is 1. The summed E-state index contributed by atoms with van der Waals surface area (Å²) in [5.41, 5.74) is 1.32. The van der Waals surface area contributed by atoms with Crippen molar-refractivity contribution in [1.29, 1.82) is 0 Å². The third kappa shape index (κ3) is 2.52. The van der Waals surface area contributed by atoms with Crippen LogP contribution in [0.3, 0.4) is 0 Å². The Morgan fingerprint density at radius 2 is 1.60 bits per heavy atom. The van der Waals surface area contributed by atoms with Gasteiger partial charge in [-0.3, -0.25) is 0 Å². The van der Waals surface area contributed by atoms with E-state index in [1.807, 2.05) is 64.9 Å². The van der Waals surface area contributed by atoms with E-state index in [-0.39, 0.29) is 11.2 Å². The first-order valence-corrected chi connectivity index (χ1v) is 6.89. The Hall–Kier alpha value is -1.20. The van der Waals surface area contributed by atoms with E-state index in [0.717, 1.165) is 16.9 Å². The van der Waals surface area contributed by atoms with Crippen molar-refractivity contribution in [2.75, 3.05) is 26.1 Å². The highest BCUT2D eigenvalue weighted by Crippen LogP contribution is 2.37. The molecule has 1 aliphatic rings.